The van der Waals surface area contributed by atoms with Crippen molar-refractivity contribution in [3.8, 4) is 0 Å². The van der Waals surface area contributed by atoms with Crippen LogP contribution in [0.5, 0.6) is 0 Å². The Morgan fingerprint density at radius 1 is 1.17 bits per heavy atom. The summed E-state index contributed by atoms with van der Waals surface area (Å²) in [5.74, 6) is -1.16. The highest BCUT2D eigenvalue weighted by atomic mass is 32.1. The predicted octanol–water partition coefficient (Wildman–Crippen LogP) is 4.01. The highest BCUT2D eigenvalue weighted by molar-refractivity contribution is 7.16. The second kappa shape index (κ2) is 8.16. The van der Waals surface area contributed by atoms with E-state index in [1.54, 1.807) is 6.07 Å². The Morgan fingerprint density at radius 2 is 1.90 bits per heavy atom. The highest BCUT2D eigenvalue weighted by Crippen LogP contribution is 2.34. The van der Waals surface area contributed by atoms with Crippen LogP contribution < -0.4 is 16.0 Å². The van der Waals surface area contributed by atoms with Crippen LogP contribution in [0, 0.1) is 0 Å². The van der Waals surface area contributed by atoms with Crippen molar-refractivity contribution in [2.75, 3.05) is 23.1 Å². The molecule has 0 aliphatic carbocycles. The summed E-state index contributed by atoms with van der Waals surface area (Å²) in [6, 6.07) is 12.4. The van der Waals surface area contributed by atoms with Gasteiger partial charge in [-0.3, -0.25) is 9.59 Å². The molecule has 8 heteroatoms. The van der Waals surface area contributed by atoms with Gasteiger partial charge in [-0.1, -0.05) is 31.2 Å². The average molecular weight is 423 g/mol. The molecule has 1 aliphatic rings. The maximum Gasteiger partial charge on any atom is 0.340 e. The lowest BCUT2D eigenvalue weighted by molar-refractivity contribution is -0.121. The molecule has 2 heterocycles. The summed E-state index contributed by atoms with van der Waals surface area (Å²) in [5.41, 5.74) is 1.82. The van der Waals surface area contributed by atoms with Crippen molar-refractivity contribution in [3.63, 3.8) is 0 Å². The van der Waals surface area contributed by atoms with E-state index in [4.69, 9.17) is 4.74 Å². The number of thiophene rings is 1. The summed E-state index contributed by atoms with van der Waals surface area (Å²) in [6.07, 6.45) is 0.648. The van der Waals surface area contributed by atoms with Crippen LogP contribution in [0.4, 0.5) is 16.4 Å². The molecule has 154 valence electrons. The number of nitrogens with one attached hydrogen (secondary N) is 3. The van der Waals surface area contributed by atoms with E-state index in [9.17, 15) is 14.4 Å². The molecule has 0 unspecified atom stereocenters. The predicted molar refractivity (Wildman–Crippen MR) is 118 cm³/mol. The fraction of sp³-hybridized carbons (Fsp3) is 0.227. The number of esters is 1. The number of hydrogen-bond acceptors (Lipinski definition) is 6. The molecule has 0 saturated carbocycles. The SMILES string of the molecule is CCc1cc(C(=O)OC)c(NC(=O)C[C@@H]2Nc3cccc4cccc(c34)NC2=O)s1. The van der Waals surface area contributed by atoms with Crippen LogP contribution in [-0.4, -0.2) is 30.9 Å². The maximum atomic E-state index is 12.8. The van der Waals surface area contributed by atoms with E-state index in [1.165, 1.54) is 18.4 Å². The first-order valence-electron chi connectivity index (χ1n) is 9.60. The zero-order chi connectivity index (χ0) is 21.3. The fourth-order valence-corrected chi connectivity index (χ4v) is 4.52. The van der Waals surface area contributed by atoms with Crippen LogP contribution in [0.3, 0.4) is 0 Å². The molecule has 3 aromatic rings. The summed E-state index contributed by atoms with van der Waals surface area (Å²) in [7, 11) is 1.30. The van der Waals surface area contributed by atoms with Gasteiger partial charge in [-0.05, 0) is 30.0 Å². The topological polar surface area (TPSA) is 96.5 Å². The largest absolute Gasteiger partial charge is 0.465 e. The molecule has 1 aliphatic heterocycles. The number of methoxy groups -OCH3 is 1. The first-order valence-corrected chi connectivity index (χ1v) is 10.4. The second-order valence-electron chi connectivity index (χ2n) is 6.95. The van der Waals surface area contributed by atoms with Crippen molar-refractivity contribution in [3.05, 3.63) is 52.9 Å². The van der Waals surface area contributed by atoms with Gasteiger partial charge in [0.05, 0.1) is 24.8 Å². The Hall–Kier alpha value is -3.39. The molecule has 0 radical (unpaired) electrons. The molecule has 1 atom stereocenters. The lowest BCUT2D eigenvalue weighted by Crippen LogP contribution is -2.36. The Balaban J connectivity index is 1.55. The zero-order valence-electron chi connectivity index (χ0n) is 16.6. The minimum atomic E-state index is -0.754. The Labute approximate surface area is 177 Å². The summed E-state index contributed by atoms with van der Waals surface area (Å²) >= 11 is 1.33. The molecule has 0 bridgehead atoms. The van der Waals surface area contributed by atoms with Crippen molar-refractivity contribution in [2.24, 2.45) is 0 Å². The quantitative estimate of drug-likeness (QED) is 0.539. The third-order valence-electron chi connectivity index (χ3n) is 4.99. The second-order valence-corrected chi connectivity index (χ2v) is 8.09. The zero-order valence-corrected chi connectivity index (χ0v) is 17.4. The Kier molecular flexibility index (Phi) is 5.41. The van der Waals surface area contributed by atoms with Gasteiger partial charge in [0.25, 0.3) is 0 Å². The number of hydrogen-bond donors (Lipinski definition) is 3. The number of ether oxygens (including phenoxy) is 1. The highest BCUT2D eigenvalue weighted by Gasteiger charge is 2.27. The monoisotopic (exact) mass is 423 g/mol. The van der Waals surface area contributed by atoms with Crippen LogP contribution >= 0.6 is 11.3 Å². The number of aryl methyl sites for hydroxylation is 1. The first kappa shape index (κ1) is 19.9. The number of benzene rings is 2. The number of rotatable bonds is 5. The van der Waals surface area contributed by atoms with Gasteiger partial charge in [-0.25, -0.2) is 4.79 Å². The Morgan fingerprint density at radius 3 is 2.60 bits per heavy atom. The molecular formula is C22H21N3O4S. The van der Waals surface area contributed by atoms with Gasteiger partial charge in [-0.15, -0.1) is 11.3 Å². The number of carbonyl (C=O) groups excluding carboxylic acids is 3. The van der Waals surface area contributed by atoms with E-state index >= 15 is 0 Å². The molecule has 2 aromatic carbocycles. The van der Waals surface area contributed by atoms with Crippen LogP contribution in [0.25, 0.3) is 10.8 Å². The minimum absolute atomic E-state index is 0.0871. The van der Waals surface area contributed by atoms with Gasteiger partial charge < -0.3 is 20.7 Å². The van der Waals surface area contributed by atoms with E-state index < -0.39 is 12.0 Å². The van der Waals surface area contributed by atoms with Gasteiger partial charge in [0.1, 0.15) is 11.0 Å². The third-order valence-corrected chi connectivity index (χ3v) is 6.18. The van der Waals surface area contributed by atoms with E-state index in [1.807, 2.05) is 43.3 Å². The van der Waals surface area contributed by atoms with Gasteiger partial charge in [0.2, 0.25) is 11.8 Å². The van der Waals surface area contributed by atoms with Gasteiger partial charge in [0, 0.05) is 16.0 Å². The third kappa shape index (κ3) is 3.73. The van der Waals surface area contributed by atoms with Crippen molar-refractivity contribution < 1.29 is 19.1 Å². The summed E-state index contributed by atoms with van der Waals surface area (Å²) < 4.78 is 4.81. The number of amides is 2. The van der Waals surface area contributed by atoms with Crippen LogP contribution in [0.1, 0.15) is 28.6 Å². The van der Waals surface area contributed by atoms with Crippen LogP contribution in [0.15, 0.2) is 42.5 Å². The molecule has 0 saturated heterocycles. The summed E-state index contributed by atoms with van der Waals surface area (Å²) in [6.45, 7) is 1.97. The molecule has 7 nitrogen and oxygen atoms in total. The van der Waals surface area contributed by atoms with Crippen molar-refractivity contribution in [1.82, 2.24) is 0 Å². The van der Waals surface area contributed by atoms with E-state index in [0.29, 0.717) is 16.3 Å². The molecule has 0 spiro atoms. The van der Waals surface area contributed by atoms with Gasteiger partial charge in [-0.2, -0.15) is 0 Å². The smallest absolute Gasteiger partial charge is 0.340 e. The van der Waals surface area contributed by atoms with Crippen LogP contribution in [0.2, 0.25) is 0 Å². The first-order chi connectivity index (χ1) is 14.5. The van der Waals surface area contributed by atoms with Crippen molar-refractivity contribution in [1.29, 1.82) is 0 Å². The van der Waals surface area contributed by atoms with E-state index in [0.717, 1.165) is 27.8 Å². The molecule has 1 aromatic heterocycles. The molecule has 0 fully saturated rings. The molecular weight excluding hydrogens is 402 g/mol. The van der Waals surface area contributed by atoms with Crippen molar-refractivity contribution in [2.45, 2.75) is 25.8 Å². The van der Waals surface area contributed by atoms with E-state index in [2.05, 4.69) is 16.0 Å². The summed E-state index contributed by atoms with van der Waals surface area (Å²) in [4.78, 5) is 38.5. The number of carbonyl (C=O) groups is 3. The minimum Gasteiger partial charge on any atom is -0.465 e. The standard InChI is InChI=1S/C22H21N3O4S/c1-3-13-10-14(22(28)29-2)21(30-13)25-18(26)11-17-20(27)24-16-9-5-7-12-6-4-8-15(23-17)19(12)16/h4-10,17,23H,3,11H2,1-2H3,(H,24,27)(H,25,26)/t17-/m0/s1. The van der Waals surface area contributed by atoms with Crippen molar-refractivity contribution >= 4 is 56.3 Å². The van der Waals surface area contributed by atoms with Gasteiger partial charge in [0.15, 0.2) is 0 Å². The van der Waals surface area contributed by atoms with Crippen LogP contribution in [-0.2, 0) is 20.7 Å². The Bertz CT molecular complexity index is 1150. The summed E-state index contributed by atoms with van der Waals surface area (Å²) in [5, 5.41) is 11.2. The number of anilines is 3. The average Bonchev–Trinajstić information content (AvgIpc) is 3.09. The molecule has 2 amide bonds. The maximum absolute atomic E-state index is 12.8. The van der Waals surface area contributed by atoms with E-state index in [-0.39, 0.29) is 18.2 Å². The lowest BCUT2D eigenvalue weighted by atomic mass is 10.1. The molecule has 30 heavy (non-hydrogen) atoms. The van der Waals surface area contributed by atoms with Gasteiger partial charge >= 0.3 is 5.97 Å². The normalized spacial score (nSPS) is 15.1. The molecule has 4 rings (SSSR count). The molecule has 3 N–H and O–H groups in total. The lowest BCUT2D eigenvalue weighted by Gasteiger charge is -2.16. The fourth-order valence-electron chi connectivity index (χ4n) is 3.52.